The van der Waals surface area contributed by atoms with Crippen LogP contribution in [-0.2, 0) is 14.3 Å². The van der Waals surface area contributed by atoms with Crippen LogP contribution in [0.3, 0.4) is 0 Å². The standard InChI is InChI=1S/C57H104N4O5S2/c1-15-56(16-2,59-50(63)65-52(7,8)9)34-37-58-36-21-22-38-61(39-35-57(17-3,18-4)60-51(64)66-53(10,11)12)49(62)31-40-67-68-45-29-32-55(14)44(41-45)25-27-46-47-28-26-43(24-20-19-23-42(5)6)54(47,13)33-30-48(46)55/h25,42-43,45-48,58H,15-24,26-41H2,1-14H3,(H,59,63)(H,60,64). The van der Waals surface area contributed by atoms with Crippen molar-refractivity contribution in [3.63, 3.8) is 0 Å². The number of ether oxygens (including phenoxy) is 2. The van der Waals surface area contributed by atoms with Crippen LogP contribution in [0.25, 0.3) is 0 Å². The molecular weight excluding hydrogens is 885 g/mol. The molecule has 0 aromatic carbocycles. The van der Waals surface area contributed by atoms with Crippen molar-refractivity contribution in [2.24, 2.45) is 40.4 Å². The molecule has 0 aromatic heterocycles. The van der Waals surface area contributed by atoms with E-state index in [1.54, 1.807) is 5.57 Å². The first kappa shape index (κ1) is 59.0. The van der Waals surface area contributed by atoms with E-state index >= 15 is 0 Å². The van der Waals surface area contributed by atoms with E-state index in [0.717, 1.165) is 93.4 Å². The molecule has 3 amide bonds. The molecule has 0 aliphatic heterocycles. The molecule has 4 aliphatic carbocycles. The van der Waals surface area contributed by atoms with Gasteiger partial charge in [0, 0.05) is 41.6 Å². The minimum Gasteiger partial charge on any atom is -0.444 e. The van der Waals surface area contributed by atoms with Gasteiger partial charge in [0.05, 0.1) is 0 Å². The molecule has 11 heteroatoms. The fraction of sp³-hybridized carbons (Fsp3) is 0.912. The number of rotatable bonds is 27. The summed E-state index contributed by atoms with van der Waals surface area (Å²) in [6, 6.07) is 0. The van der Waals surface area contributed by atoms with Crippen molar-refractivity contribution in [2.45, 2.75) is 259 Å². The lowest BCUT2D eigenvalue weighted by atomic mass is 9.47. The van der Waals surface area contributed by atoms with Gasteiger partial charge in [-0.25, -0.2) is 9.59 Å². The fourth-order valence-electron chi connectivity index (χ4n) is 13.1. The first-order valence-corrected chi connectivity index (χ1v) is 30.3. The van der Waals surface area contributed by atoms with Crippen molar-refractivity contribution in [3.05, 3.63) is 11.6 Å². The Hall–Kier alpha value is -1.59. The van der Waals surface area contributed by atoms with Crippen LogP contribution in [-0.4, -0.2) is 82.5 Å². The highest BCUT2D eigenvalue weighted by molar-refractivity contribution is 8.76. The quantitative estimate of drug-likeness (QED) is 0.0424. The zero-order chi connectivity index (χ0) is 50.4. The second kappa shape index (κ2) is 26.4. The molecule has 4 rings (SSSR count). The molecule has 3 N–H and O–H groups in total. The summed E-state index contributed by atoms with van der Waals surface area (Å²) in [4.78, 5) is 41.8. The number of carbonyl (C=O) groups is 3. The fourth-order valence-corrected chi connectivity index (χ4v) is 15.7. The first-order chi connectivity index (χ1) is 32.0. The molecule has 0 radical (unpaired) electrons. The van der Waals surface area contributed by atoms with Gasteiger partial charge in [-0.2, -0.15) is 0 Å². The largest absolute Gasteiger partial charge is 0.444 e. The number of amides is 3. The third kappa shape index (κ3) is 17.0. The van der Waals surface area contributed by atoms with Crippen LogP contribution < -0.4 is 16.0 Å². The molecule has 3 fully saturated rings. The average Bonchev–Trinajstić information content (AvgIpc) is 3.60. The molecule has 0 spiro atoms. The molecule has 0 bridgehead atoms. The van der Waals surface area contributed by atoms with E-state index in [4.69, 9.17) is 9.47 Å². The summed E-state index contributed by atoms with van der Waals surface area (Å²) in [5.74, 6) is 5.43. The van der Waals surface area contributed by atoms with Gasteiger partial charge in [-0.05, 0) is 204 Å². The monoisotopic (exact) mass is 989 g/mol. The van der Waals surface area contributed by atoms with E-state index in [1.807, 2.05) is 63.1 Å². The van der Waals surface area contributed by atoms with Crippen molar-refractivity contribution in [1.82, 2.24) is 20.9 Å². The molecule has 7 atom stereocenters. The highest BCUT2D eigenvalue weighted by atomic mass is 33.1. The smallest absolute Gasteiger partial charge is 0.408 e. The van der Waals surface area contributed by atoms with Gasteiger partial charge < -0.3 is 30.3 Å². The molecule has 4 aliphatic rings. The maximum Gasteiger partial charge on any atom is 0.408 e. The number of allylic oxidation sites excluding steroid dienone is 2. The van der Waals surface area contributed by atoms with Crippen LogP contribution in [0.1, 0.15) is 232 Å². The molecule has 9 nitrogen and oxygen atoms in total. The topological polar surface area (TPSA) is 109 Å². The number of alkyl carbamates (subject to hydrolysis) is 2. The number of unbranched alkanes of at least 4 members (excludes halogenated alkanes) is 2. The number of hydrogen-bond acceptors (Lipinski definition) is 8. The maximum atomic E-state index is 14.1. The molecule has 0 aromatic rings. The van der Waals surface area contributed by atoms with Gasteiger partial charge in [-0.3, -0.25) is 4.79 Å². The number of nitrogens with one attached hydrogen (secondary N) is 3. The zero-order valence-corrected chi connectivity index (χ0v) is 47.9. The van der Waals surface area contributed by atoms with Crippen LogP contribution in [0.15, 0.2) is 11.6 Å². The zero-order valence-electron chi connectivity index (χ0n) is 46.2. The predicted octanol–water partition coefficient (Wildman–Crippen LogP) is 15.1. The van der Waals surface area contributed by atoms with Crippen LogP contribution in [0.4, 0.5) is 9.59 Å². The lowest BCUT2D eigenvalue weighted by molar-refractivity contribution is -0.131. The number of carbonyl (C=O) groups excluding carboxylic acids is 3. The number of hydrogen-bond donors (Lipinski definition) is 3. The summed E-state index contributed by atoms with van der Waals surface area (Å²) in [6.45, 7) is 32.8. The van der Waals surface area contributed by atoms with Gasteiger partial charge in [0.15, 0.2) is 0 Å². The second-order valence-corrected chi connectivity index (χ2v) is 27.6. The number of fused-ring (bicyclic) bond motifs is 5. The molecule has 394 valence electrons. The van der Waals surface area contributed by atoms with E-state index < -0.39 is 22.8 Å². The Morgan fingerprint density at radius 1 is 0.765 bits per heavy atom. The average molecular weight is 990 g/mol. The molecule has 68 heavy (non-hydrogen) atoms. The van der Waals surface area contributed by atoms with E-state index in [2.05, 4.69) is 82.3 Å². The Bertz CT molecular complexity index is 1600. The normalized spacial score (nSPS) is 26.3. The van der Waals surface area contributed by atoms with E-state index in [9.17, 15) is 14.4 Å². The highest BCUT2D eigenvalue weighted by Crippen LogP contribution is 2.67. The van der Waals surface area contributed by atoms with Crippen molar-refractivity contribution >= 4 is 39.7 Å². The Morgan fingerprint density at radius 3 is 2.00 bits per heavy atom. The molecule has 7 unspecified atom stereocenters. The van der Waals surface area contributed by atoms with E-state index in [1.165, 1.54) is 77.0 Å². The van der Waals surface area contributed by atoms with Crippen molar-refractivity contribution in [1.29, 1.82) is 0 Å². The molecule has 0 saturated heterocycles. The summed E-state index contributed by atoms with van der Waals surface area (Å²) in [7, 11) is 3.95. The van der Waals surface area contributed by atoms with Gasteiger partial charge in [-0.1, -0.05) is 108 Å². The first-order valence-electron chi connectivity index (χ1n) is 27.9. The summed E-state index contributed by atoms with van der Waals surface area (Å²) >= 11 is 0. The van der Waals surface area contributed by atoms with Crippen molar-refractivity contribution in [2.75, 3.05) is 31.9 Å². The van der Waals surface area contributed by atoms with Crippen LogP contribution in [0.2, 0.25) is 0 Å². The molecule has 3 saturated carbocycles. The SMILES string of the molecule is CCC(CC)(CCNCCCCN(CCC(CC)(CC)NC(=O)OC(C)(C)C)C(=O)CCSSC1CCC2(C)C(=CCC3C2CCC2(C)C(CCCCC(C)C)CCC32)C1)NC(=O)OC(C)(C)C. The van der Waals surface area contributed by atoms with E-state index in [0.29, 0.717) is 42.0 Å². The van der Waals surface area contributed by atoms with Crippen LogP contribution in [0.5, 0.6) is 0 Å². The Kier molecular flexibility index (Phi) is 22.9. The van der Waals surface area contributed by atoms with Crippen molar-refractivity contribution in [3.8, 4) is 0 Å². The molecule has 0 heterocycles. The molecular formula is C57H104N4O5S2. The van der Waals surface area contributed by atoms with Gasteiger partial charge in [0.1, 0.15) is 11.2 Å². The minimum absolute atomic E-state index is 0.208. The highest BCUT2D eigenvalue weighted by Gasteiger charge is 2.58. The number of nitrogens with zero attached hydrogens (tertiary/aromatic N) is 1. The summed E-state index contributed by atoms with van der Waals surface area (Å²) in [5, 5.41) is 10.6. The second-order valence-electron chi connectivity index (χ2n) is 24.9. The third-order valence-corrected chi connectivity index (χ3v) is 20.6. The van der Waals surface area contributed by atoms with Gasteiger partial charge in [0.2, 0.25) is 5.91 Å². The van der Waals surface area contributed by atoms with Crippen LogP contribution in [0, 0.1) is 40.4 Å². The Morgan fingerprint density at radius 2 is 1.40 bits per heavy atom. The minimum atomic E-state index is -0.580. The summed E-state index contributed by atoms with van der Waals surface area (Å²) in [6.07, 6.45) is 25.6. The third-order valence-electron chi connectivity index (χ3n) is 17.7. The summed E-state index contributed by atoms with van der Waals surface area (Å²) < 4.78 is 11.3. The van der Waals surface area contributed by atoms with Gasteiger partial charge in [0.25, 0.3) is 0 Å². The van der Waals surface area contributed by atoms with E-state index in [-0.39, 0.29) is 17.5 Å². The van der Waals surface area contributed by atoms with Gasteiger partial charge in [-0.15, -0.1) is 0 Å². The lowest BCUT2D eigenvalue weighted by Crippen LogP contribution is -2.51. The lowest BCUT2D eigenvalue weighted by Gasteiger charge is -2.58. The Balaban J connectivity index is 1.29. The van der Waals surface area contributed by atoms with Crippen LogP contribution >= 0.6 is 21.6 Å². The maximum absolute atomic E-state index is 14.1. The predicted molar refractivity (Wildman–Crippen MR) is 290 cm³/mol. The Labute approximate surface area is 425 Å². The van der Waals surface area contributed by atoms with Gasteiger partial charge >= 0.3 is 12.2 Å². The van der Waals surface area contributed by atoms with Crippen molar-refractivity contribution < 1.29 is 23.9 Å². The summed E-state index contributed by atoms with van der Waals surface area (Å²) in [5.41, 5.74) is 0.808.